The molecule has 0 spiro atoms. The minimum atomic E-state index is 1.23. The van der Waals surface area contributed by atoms with Gasteiger partial charge >= 0.3 is 0 Å². The van der Waals surface area contributed by atoms with Gasteiger partial charge in [0.2, 0.25) is 0 Å². The Morgan fingerprint density at radius 3 is 1.17 bits per heavy atom. The Bertz CT molecular complexity index is 3540. The van der Waals surface area contributed by atoms with Crippen molar-refractivity contribution in [2.75, 3.05) is 0 Å². The third-order valence-corrected chi connectivity index (χ3v) is 12.4. The molecule has 0 heteroatoms. The predicted molar refractivity (Wildman–Crippen MR) is 250 cm³/mol. The zero-order valence-electron chi connectivity index (χ0n) is 31.8. The van der Waals surface area contributed by atoms with Crippen LogP contribution in [0.15, 0.2) is 218 Å². The summed E-state index contributed by atoms with van der Waals surface area (Å²) in [6, 6.07) is 80.6. The first-order valence-electron chi connectivity index (χ1n) is 20.2. The maximum atomic E-state index is 2.40. The van der Waals surface area contributed by atoms with Crippen molar-refractivity contribution >= 4 is 64.6 Å². The van der Waals surface area contributed by atoms with Crippen molar-refractivity contribution in [3.05, 3.63) is 218 Å². The van der Waals surface area contributed by atoms with Crippen molar-refractivity contribution in [1.29, 1.82) is 0 Å². The largest absolute Gasteiger partial charge is 0.0622 e. The third kappa shape index (κ3) is 4.82. The van der Waals surface area contributed by atoms with E-state index in [0.29, 0.717) is 0 Å². The second-order valence-corrected chi connectivity index (χ2v) is 15.4. The van der Waals surface area contributed by atoms with Crippen molar-refractivity contribution in [2.45, 2.75) is 0 Å². The van der Waals surface area contributed by atoms with Crippen molar-refractivity contribution in [3.63, 3.8) is 0 Å². The second kappa shape index (κ2) is 13.0. The fourth-order valence-electron chi connectivity index (χ4n) is 10.0. The smallest absolute Gasteiger partial charge is 0.00137 e. The molecule has 0 fully saturated rings. The van der Waals surface area contributed by atoms with Gasteiger partial charge in [0.15, 0.2) is 0 Å². The molecular formula is C58H36. The maximum Gasteiger partial charge on any atom is -0.00137 e. The molecule has 58 heavy (non-hydrogen) atoms. The van der Waals surface area contributed by atoms with E-state index in [4.69, 9.17) is 0 Å². The van der Waals surface area contributed by atoms with Crippen LogP contribution in [-0.2, 0) is 0 Å². The molecule has 0 nitrogen and oxygen atoms in total. The van der Waals surface area contributed by atoms with Crippen LogP contribution in [0.4, 0.5) is 0 Å². The summed E-state index contributed by atoms with van der Waals surface area (Å²) in [6.45, 7) is 0. The van der Waals surface area contributed by atoms with Crippen molar-refractivity contribution in [1.82, 2.24) is 0 Å². The van der Waals surface area contributed by atoms with Gasteiger partial charge in [0.05, 0.1) is 0 Å². The van der Waals surface area contributed by atoms with Crippen LogP contribution in [0, 0.1) is 0 Å². The molecule has 12 aromatic carbocycles. The van der Waals surface area contributed by atoms with Crippen molar-refractivity contribution in [2.24, 2.45) is 0 Å². The van der Waals surface area contributed by atoms with E-state index in [1.807, 2.05) is 0 Å². The topological polar surface area (TPSA) is 0 Å². The molecule has 0 radical (unpaired) electrons. The van der Waals surface area contributed by atoms with Gasteiger partial charge in [0.25, 0.3) is 0 Å². The van der Waals surface area contributed by atoms with Gasteiger partial charge < -0.3 is 0 Å². The lowest BCUT2D eigenvalue weighted by Gasteiger charge is -2.22. The number of fused-ring (bicyclic) bond motifs is 5. The summed E-state index contributed by atoms with van der Waals surface area (Å²) < 4.78 is 0. The standard InChI is InChI=1S/C58H36/c1-3-17-37(18-4-1)39-21-7-9-23-41(39)45-33-35-52(44-26-12-11-25-43(44)45)56-48-27-13-14-28-50(48)58-54-36-34-46(42-24-10-8-22-40(42)38-19-5-2-6-20-38)47-29-15-30-49(55(47)54)51-31-16-32-53(56)57(51)58/h1-36H. The first-order chi connectivity index (χ1) is 28.8. The van der Waals surface area contributed by atoms with E-state index in [2.05, 4.69) is 218 Å². The van der Waals surface area contributed by atoms with E-state index in [9.17, 15) is 0 Å². The fourth-order valence-corrected chi connectivity index (χ4v) is 10.0. The van der Waals surface area contributed by atoms with Crippen LogP contribution in [0.1, 0.15) is 0 Å². The molecule has 0 aliphatic carbocycles. The Labute approximate surface area is 337 Å². The molecule has 0 aliphatic rings. The van der Waals surface area contributed by atoms with Gasteiger partial charge in [0, 0.05) is 0 Å². The molecular weight excluding hydrogens is 697 g/mol. The number of hydrogen-bond donors (Lipinski definition) is 0. The van der Waals surface area contributed by atoms with Crippen LogP contribution in [0.25, 0.3) is 120 Å². The SMILES string of the molecule is c1ccc(-c2ccccc2-c2ccc(-c3c4ccccc4c4c5ccc(-c6ccccc6-c6ccccc6)c6cccc(c7cccc3c74)c65)c3ccccc23)cc1. The van der Waals surface area contributed by atoms with Gasteiger partial charge in [-0.2, -0.15) is 0 Å². The molecule has 0 atom stereocenters. The molecule has 0 N–H and O–H groups in total. The van der Waals surface area contributed by atoms with E-state index < -0.39 is 0 Å². The Morgan fingerprint density at radius 2 is 0.534 bits per heavy atom. The highest BCUT2D eigenvalue weighted by Crippen LogP contribution is 2.51. The molecule has 0 aromatic heterocycles. The van der Waals surface area contributed by atoms with E-state index in [-0.39, 0.29) is 0 Å². The summed E-state index contributed by atoms with van der Waals surface area (Å²) in [5.74, 6) is 0. The first kappa shape index (κ1) is 32.7. The van der Waals surface area contributed by atoms with Crippen LogP contribution in [0.5, 0.6) is 0 Å². The predicted octanol–water partition coefficient (Wildman–Crippen LogP) is 16.4. The van der Waals surface area contributed by atoms with E-state index in [0.717, 1.165) is 0 Å². The van der Waals surface area contributed by atoms with Crippen LogP contribution in [-0.4, -0.2) is 0 Å². The molecule has 268 valence electrons. The third-order valence-electron chi connectivity index (χ3n) is 12.4. The van der Waals surface area contributed by atoms with Gasteiger partial charge in [-0.05, 0) is 120 Å². The summed E-state index contributed by atoms with van der Waals surface area (Å²) in [4.78, 5) is 0. The lowest BCUT2D eigenvalue weighted by atomic mass is 9.81. The summed E-state index contributed by atoms with van der Waals surface area (Å²) >= 11 is 0. The van der Waals surface area contributed by atoms with E-state index >= 15 is 0 Å². The number of benzene rings is 12. The second-order valence-electron chi connectivity index (χ2n) is 15.4. The van der Waals surface area contributed by atoms with E-state index in [1.54, 1.807) is 0 Å². The minimum absolute atomic E-state index is 1.23. The Morgan fingerprint density at radius 1 is 0.155 bits per heavy atom. The summed E-state index contributed by atoms with van der Waals surface area (Å²) in [6.07, 6.45) is 0. The molecule has 0 heterocycles. The molecule has 0 bridgehead atoms. The highest BCUT2D eigenvalue weighted by molar-refractivity contribution is 6.41. The molecule has 12 aromatic rings. The molecule has 0 unspecified atom stereocenters. The highest BCUT2D eigenvalue weighted by Gasteiger charge is 2.23. The molecule has 0 amide bonds. The lowest BCUT2D eigenvalue weighted by Crippen LogP contribution is -1.94. The molecule has 12 rings (SSSR count). The van der Waals surface area contributed by atoms with Crippen LogP contribution < -0.4 is 0 Å². The van der Waals surface area contributed by atoms with Gasteiger partial charge in [-0.15, -0.1) is 0 Å². The monoisotopic (exact) mass is 732 g/mol. The van der Waals surface area contributed by atoms with Crippen molar-refractivity contribution < 1.29 is 0 Å². The Kier molecular flexibility index (Phi) is 7.33. The zero-order chi connectivity index (χ0) is 38.2. The summed E-state index contributed by atoms with van der Waals surface area (Å²) in [5.41, 5.74) is 12.5. The molecule has 0 aliphatic heterocycles. The lowest BCUT2D eigenvalue weighted by molar-refractivity contribution is 1.60. The minimum Gasteiger partial charge on any atom is -0.0622 e. The first-order valence-corrected chi connectivity index (χ1v) is 20.2. The van der Waals surface area contributed by atoms with E-state index in [1.165, 1.54) is 120 Å². The number of hydrogen-bond acceptors (Lipinski definition) is 0. The average molecular weight is 733 g/mol. The van der Waals surface area contributed by atoms with Crippen LogP contribution in [0.3, 0.4) is 0 Å². The fraction of sp³-hybridized carbons (Fsp3) is 0. The Hall–Kier alpha value is -7.54. The van der Waals surface area contributed by atoms with Crippen molar-refractivity contribution in [3.8, 4) is 55.6 Å². The average Bonchev–Trinajstić information content (AvgIpc) is 3.30. The van der Waals surface area contributed by atoms with Crippen LogP contribution in [0.2, 0.25) is 0 Å². The summed E-state index contributed by atoms with van der Waals surface area (Å²) in [5, 5.41) is 15.5. The van der Waals surface area contributed by atoms with Gasteiger partial charge in [0.1, 0.15) is 0 Å². The zero-order valence-corrected chi connectivity index (χ0v) is 31.8. The number of rotatable bonds is 5. The van der Waals surface area contributed by atoms with Gasteiger partial charge in [-0.1, -0.05) is 218 Å². The maximum absolute atomic E-state index is 2.40. The van der Waals surface area contributed by atoms with Gasteiger partial charge in [-0.3, -0.25) is 0 Å². The normalized spacial score (nSPS) is 11.8. The van der Waals surface area contributed by atoms with Crippen LogP contribution >= 0.6 is 0 Å². The molecule has 0 saturated carbocycles. The Balaban J connectivity index is 1.15. The quantitative estimate of drug-likeness (QED) is 0.122. The highest BCUT2D eigenvalue weighted by atomic mass is 14.3. The van der Waals surface area contributed by atoms with Gasteiger partial charge in [-0.25, -0.2) is 0 Å². The molecule has 0 saturated heterocycles. The summed E-state index contributed by atoms with van der Waals surface area (Å²) in [7, 11) is 0.